The number of fused-ring (bicyclic) bond motifs is 2. The molecule has 4 heterocycles. The third-order valence-electron chi connectivity index (χ3n) is 5.76. The van der Waals surface area contributed by atoms with Crippen LogP contribution in [0.2, 0.25) is 0 Å². The Bertz CT molecular complexity index is 1420. The van der Waals surface area contributed by atoms with Gasteiger partial charge in [-0.2, -0.15) is 0 Å². The molecule has 1 aromatic carbocycles. The van der Waals surface area contributed by atoms with Gasteiger partial charge in [-0.05, 0) is 30.7 Å². The molecule has 0 spiro atoms. The molecule has 3 aromatic heterocycles. The van der Waals surface area contributed by atoms with Gasteiger partial charge in [0, 0.05) is 31.3 Å². The van der Waals surface area contributed by atoms with Crippen molar-refractivity contribution < 1.29 is 9.21 Å². The Morgan fingerprint density at radius 1 is 1.38 bits per heavy atom. The Morgan fingerprint density at radius 2 is 2.25 bits per heavy atom. The van der Waals surface area contributed by atoms with Gasteiger partial charge in [-0.15, -0.1) is 0 Å². The van der Waals surface area contributed by atoms with E-state index in [9.17, 15) is 4.79 Å². The number of amides is 1. The second-order valence-corrected chi connectivity index (χ2v) is 7.73. The summed E-state index contributed by atoms with van der Waals surface area (Å²) in [5.74, 6) is 7.47. The SMILES string of the molecule is C=CC(=O)N1CC[C@H](n2cc(C#Cc3ccc4oc(CC)nc4c3)c3c(N)ncnc32)C1. The van der Waals surface area contributed by atoms with Crippen LogP contribution in [0.3, 0.4) is 0 Å². The number of aryl methyl sites for hydroxylation is 1. The van der Waals surface area contributed by atoms with Crippen molar-refractivity contribution in [1.29, 1.82) is 0 Å². The summed E-state index contributed by atoms with van der Waals surface area (Å²) in [5.41, 5.74) is 10.0. The molecule has 1 aliphatic rings. The average molecular weight is 426 g/mol. The van der Waals surface area contributed by atoms with Gasteiger partial charge in [0.2, 0.25) is 5.91 Å². The summed E-state index contributed by atoms with van der Waals surface area (Å²) in [6.45, 7) is 6.85. The van der Waals surface area contributed by atoms with E-state index in [1.165, 1.54) is 12.4 Å². The van der Waals surface area contributed by atoms with Crippen LogP contribution in [0.1, 0.15) is 36.4 Å². The number of carbonyl (C=O) groups is 1. The summed E-state index contributed by atoms with van der Waals surface area (Å²) >= 11 is 0. The lowest BCUT2D eigenvalue weighted by atomic mass is 10.2. The molecule has 0 bridgehead atoms. The monoisotopic (exact) mass is 426 g/mol. The highest BCUT2D eigenvalue weighted by atomic mass is 16.3. The van der Waals surface area contributed by atoms with Gasteiger partial charge in [-0.1, -0.05) is 25.3 Å². The predicted molar refractivity (Wildman–Crippen MR) is 122 cm³/mol. The summed E-state index contributed by atoms with van der Waals surface area (Å²) in [5, 5.41) is 0.726. The first-order valence-corrected chi connectivity index (χ1v) is 10.5. The zero-order chi connectivity index (χ0) is 22.2. The Labute approximate surface area is 184 Å². The van der Waals surface area contributed by atoms with Crippen LogP contribution in [-0.2, 0) is 11.2 Å². The van der Waals surface area contributed by atoms with Crippen LogP contribution in [0.25, 0.3) is 22.1 Å². The molecule has 1 saturated heterocycles. The molecule has 1 fully saturated rings. The third-order valence-corrected chi connectivity index (χ3v) is 5.76. The molecule has 1 amide bonds. The fraction of sp³-hybridized carbons (Fsp3) is 0.250. The Balaban J connectivity index is 1.53. The van der Waals surface area contributed by atoms with Crippen molar-refractivity contribution in [2.24, 2.45) is 0 Å². The molecule has 0 saturated carbocycles. The summed E-state index contributed by atoms with van der Waals surface area (Å²) in [6.07, 6.45) is 6.33. The number of likely N-dealkylation sites (tertiary alicyclic amines) is 1. The van der Waals surface area contributed by atoms with Crippen molar-refractivity contribution in [1.82, 2.24) is 24.4 Å². The predicted octanol–water partition coefficient (Wildman–Crippen LogP) is 3.08. The Hall–Kier alpha value is -4.12. The highest BCUT2D eigenvalue weighted by Crippen LogP contribution is 2.30. The molecular weight excluding hydrogens is 404 g/mol. The number of nitrogens with two attached hydrogens (primary N) is 1. The standard InChI is InChI=1S/C24H22N6O2/c1-3-20-28-18-11-15(6-8-19(18)32-20)5-7-16-12-30(24-22(16)23(25)26-14-27-24)17-9-10-29(13-17)21(31)4-2/h4,6,8,11-12,14,17H,2-3,9-10,13H2,1H3,(H2,25,26,27)/t17-/m0/s1. The van der Waals surface area contributed by atoms with Crippen molar-refractivity contribution in [2.75, 3.05) is 18.8 Å². The first-order valence-electron chi connectivity index (χ1n) is 10.5. The van der Waals surface area contributed by atoms with E-state index in [4.69, 9.17) is 10.2 Å². The summed E-state index contributed by atoms with van der Waals surface area (Å²) < 4.78 is 7.73. The zero-order valence-electron chi connectivity index (χ0n) is 17.7. The molecule has 160 valence electrons. The summed E-state index contributed by atoms with van der Waals surface area (Å²) in [4.78, 5) is 26.9. The van der Waals surface area contributed by atoms with Gasteiger partial charge in [-0.3, -0.25) is 4.79 Å². The van der Waals surface area contributed by atoms with E-state index in [2.05, 4.69) is 37.9 Å². The topological polar surface area (TPSA) is 103 Å². The lowest BCUT2D eigenvalue weighted by molar-refractivity contribution is -0.125. The molecule has 8 nitrogen and oxygen atoms in total. The lowest BCUT2D eigenvalue weighted by Crippen LogP contribution is -2.27. The van der Waals surface area contributed by atoms with Gasteiger partial charge in [0.25, 0.3) is 0 Å². The number of rotatable bonds is 3. The largest absolute Gasteiger partial charge is 0.441 e. The minimum Gasteiger partial charge on any atom is -0.441 e. The Morgan fingerprint density at radius 3 is 3.06 bits per heavy atom. The quantitative estimate of drug-likeness (QED) is 0.399. The normalized spacial score (nSPS) is 15.8. The molecule has 2 N–H and O–H groups in total. The number of oxazole rings is 1. The van der Waals surface area contributed by atoms with Crippen molar-refractivity contribution in [3.05, 3.63) is 60.4 Å². The van der Waals surface area contributed by atoms with E-state index < -0.39 is 0 Å². The maximum atomic E-state index is 12.0. The summed E-state index contributed by atoms with van der Waals surface area (Å²) in [6, 6.07) is 5.80. The van der Waals surface area contributed by atoms with Crippen LogP contribution in [0.15, 0.2) is 47.8 Å². The molecule has 4 aromatic rings. The number of hydrogen-bond acceptors (Lipinski definition) is 6. The fourth-order valence-corrected chi connectivity index (χ4v) is 4.12. The van der Waals surface area contributed by atoms with Crippen LogP contribution >= 0.6 is 0 Å². The number of hydrogen-bond donors (Lipinski definition) is 1. The fourth-order valence-electron chi connectivity index (χ4n) is 4.12. The summed E-state index contributed by atoms with van der Waals surface area (Å²) in [7, 11) is 0. The van der Waals surface area contributed by atoms with E-state index >= 15 is 0 Å². The first kappa shape index (κ1) is 19.8. The lowest BCUT2D eigenvalue weighted by Gasteiger charge is -2.15. The smallest absolute Gasteiger partial charge is 0.246 e. The highest BCUT2D eigenvalue weighted by Gasteiger charge is 2.28. The van der Waals surface area contributed by atoms with Crippen LogP contribution < -0.4 is 5.73 Å². The minimum absolute atomic E-state index is 0.0624. The van der Waals surface area contributed by atoms with Crippen molar-refractivity contribution >= 4 is 33.9 Å². The Kier molecular flexibility index (Phi) is 4.86. The van der Waals surface area contributed by atoms with Gasteiger partial charge in [0.1, 0.15) is 23.3 Å². The van der Waals surface area contributed by atoms with Crippen LogP contribution in [-0.4, -0.2) is 43.4 Å². The van der Waals surface area contributed by atoms with Gasteiger partial charge < -0.3 is 19.6 Å². The first-order chi connectivity index (χ1) is 15.6. The molecule has 0 aliphatic carbocycles. The van der Waals surface area contributed by atoms with Gasteiger partial charge in [0.15, 0.2) is 11.5 Å². The number of aromatic nitrogens is 4. The molecule has 0 radical (unpaired) electrons. The number of anilines is 1. The van der Waals surface area contributed by atoms with Crippen molar-refractivity contribution in [3.8, 4) is 11.8 Å². The van der Waals surface area contributed by atoms with E-state index in [1.54, 1.807) is 4.90 Å². The molecule has 5 rings (SSSR count). The van der Waals surface area contributed by atoms with E-state index in [0.29, 0.717) is 24.8 Å². The molecule has 1 atom stereocenters. The number of carbonyl (C=O) groups excluding carboxylic acids is 1. The zero-order valence-corrected chi connectivity index (χ0v) is 17.7. The second-order valence-electron chi connectivity index (χ2n) is 7.73. The van der Waals surface area contributed by atoms with Crippen LogP contribution in [0.5, 0.6) is 0 Å². The molecule has 1 aliphatic heterocycles. The maximum absolute atomic E-state index is 12.0. The second kappa shape index (κ2) is 7.85. The van der Waals surface area contributed by atoms with Crippen molar-refractivity contribution in [2.45, 2.75) is 25.8 Å². The van der Waals surface area contributed by atoms with E-state index in [1.807, 2.05) is 31.3 Å². The van der Waals surface area contributed by atoms with Gasteiger partial charge in [0.05, 0.1) is 17.0 Å². The van der Waals surface area contributed by atoms with E-state index in [-0.39, 0.29) is 11.9 Å². The maximum Gasteiger partial charge on any atom is 0.246 e. The highest BCUT2D eigenvalue weighted by molar-refractivity contribution is 5.92. The molecule has 32 heavy (non-hydrogen) atoms. The average Bonchev–Trinajstić information content (AvgIpc) is 3.53. The van der Waals surface area contributed by atoms with Crippen LogP contribution in [0.4, 0.5) is 5.82 Å². The van der Waals surface area contributed by atoms with Gasteiger partial charge in [-0.25, -0.2) is 15.0 Å². The van der Waals surface area contributed by atoms with Crippen LogP contribution in [0, 0.1) is 11.8 Å². The molecule has 0 unspecified atom stereocenters. The third kappa shape index (κ3) is 3.38. The minimum atomic E-state index is -0.0624. The van der Waals surface area contributed by atoms with Gasteiger partial charge >= 0.3 is 0 Å². The molecule has 8 heteroatoms. The number of nitrogen functional groups attached to an aromatic ring is 1. The van der Waals surface area contributed by atoms with E-state index in [0.717, 1.165) is 46.1 Å². The molecular formula is C24H22N6O2. The number of benzene rings is 1. The number of nitrogens with zero attached hydrogens (tertiary/aromatic N) is 5. The van der Waals surface area contributed by atoms with Crippen molar-refractivity contribution in [3.63, 3.8) is 0 Å².